The number of nitrogens with zero attached hydrogens (tertiary/aromatic N) is 2. The molecule has 0 aromatic heterocycles. The summed E-state index contributed by atoms with van der Waals surface area (Å²) in [5, 5.41) is 0. The van der Waals surface area contributed by atoms with Crippen molar-refractivity contribution in [3.63, 3.8) is 0 Å². The molecule has 1 N–H and O–H groups in total. The van der Waals surface area contributed by atoms with E-state index in [4.69, 9.17) is 34.9 Å². The van der Waals surface area contributed by atoms with Gasteiger partial charge in [-0.15, -0.1) is 0 Å². The van der Waals surface area contributed by atoms with Crippen LogP contribution in [0.25, 0.3) is 0 Å². The molecule has 1 heterocycles. The SMILES string of the molecule is CC(=Nc1c(C)cc(C)cc1C)C1=CCC=C(C(C)=Nc2c(C)cc(C)cc2C)[OH+]1.[Cl][Fe][Cl]. The summed E-state index contributed by atoms with van der Waals surface area (Å²) in [6, 6.07) is 8.72. The molecule has 33 heavy (non-hydrogen) atoms. The number of aryl methyl sites for hydroxylation is 6. The van der Waals surface area contributed by atoms with Gasteiger partial charge in [0, 0.05) is 18.6 Å². The van der Waals surface area contributed by atoms with Gasteiger partial charge in [0.15, 0.2) is 0 Å². The summed E-state index contributed by atoms with van der Waals surface area (Å²) >= 11 is 0.194. The molecule has 0 radical (unpaired) electrons. The summed E-state index contributed by atoms with van der Waals surface area (Å²) < 4.78 is 4.89. The van der Waals surface area contributed by atoms with Crippen LogP contribution in [0.2, 0.25) is 0 Å². The van der Waals surface area contributed by atoms with E-state index in [1.165, 1.54) is 33.4 Å². The number of aliphatic imine (C=N–C) groups is 2. The van der Waals surface area contributed by atoms with Crippen LogP contribution in [-0.2, 0) is 13.1 Å². The van der Waals surface area contributed by atoms with Gasteiger partial charge in [0.2, 0.25) is 0 Å². The summed E-state index contributed by atoms with van der Waals surface area (Å²) in [5.41, 5.74) is 11.3. The Balaban J connectivity index is 0.00000122. The van der Waals surface area contributed by atoms with E-state index in [2.05, 4.69) is 78.0 Å². The first-order valence-corrected chi connectivity index (χ1v) is 13.9. The first kappa shape index (κ1) is 27.4. The number of hydrogen-bond donors (Lipinski definition) is 0. The third-order valence-corrected chi connectivity index (χ3v) is 5.43. The molecule has 2 aromatic rings. The predicted molar refractivity (Wildman–Crippen MR) is 142 cm³/mol. The minimum absolute atomic E-state index is 0.194. The second-order valence-electron chi connectivity index (χ2n) is 8.47. The number of benzene rings is 2. The van der Waals surface area contributed by atoms with Crippen LogP contribution in [0.4, 0.5) is 11.4 Å². The van der Waals surface area contributed by atoms with Crippen LogP contribution in [0.1, 0.15) is 53.6 Å². The van der Waals surface area contributed by atoms with Crippen molar-refractivity contribution in [2.24, 2.45) is 9.98 Å². The molecule has 0 bridgehead atoms. The summed E-state index contributed by atoms with van der Waals surface area (Å²) in [5.74, 6) is 1.86. The number of hydrogen-bond acceptors (Lipinski definition) is 2. The summed E-state index contributed by atoms with van der Waals surface area (Å²) in [7, 11) is 9.53. The summed E-state index contributed by atoms with van der Waals surface area (Å²) in [6.45, 7) is 16.8. The van der Waals surface area contributed by atoms with Gasteiger partial charge in [-0.1, -0.05) is 35.4 Å². The van der Waals surface area contributed by atoms with Gasteiger partial charge in [0.1, 0.15) is 11.4 Å². The number of rotatable bonds is 4. The third kappa shape index (κ3) is 7.58. The zero-order chi connectivity index (χ0) is 24.7. The van der Waals surface area contributed by atoms with E-state index in [1.54, 1.807) is 0 Å². The van der Waals surface area contributed by atoms with Crippen molar-refractivity contribution in [3.05, 3.63) is 81.3 Å². The van der Waals surface area contributed by atoms with E-state index in [0.29, 0.717) is 0 Å². The molecule has 6 heteroatoms. The molecule has 1 aliphatic rings. The first-order chi connectivity index (χ1) is 15.6. The zero-order valence-corrected chi connectivity index (χ0v) is 23.2. The van der Waals surface area contributed by atoms with Gasteiger partial charge in [-0.05, 0) is 77.6 Å². The van der Waals surface area contributed by atoms with E-state index in [-0.39, 0.29) is 13.1 Å². The molecule has 0 saturated carbocycles. The Morgan fingerprint density at radius 3 is 1.30 bits per heavy atom. The molecule has 2 aromatic carbocycles. The second kappa shape index (κ2) is 12.6. The van der Waals surface area contributed by atoms with E-state index in [9.17, 15) is 0 Å². The number of halogens is 2. The molecule has 0 atom stereocenters. The van der Waals surface area contributed by atoms with E-state index in [1.807, 2.05) is 13.8 Å². The van der Waals surface area contributed by atoms with Crippen molar-refractivity contribution in [2.75, 3.05) is 0 Å². The van der Waals surface area contributed by atoms with Crippen molar-refractivity contribution in [3.8, 4) is 0 Å². The third-order valence-electron chi connectivity index (χ3n) is 5.43. The maximum atomic E-state index is 4.93. The van der Waals surface area contributed by atoms with Crippen molar-refractivity contribution in [1.29, 1.82) is 0 Å². The van der Waals surface area contributed by atoms with Gasteiger partial charge in [-0.3, -0.25) is 0 Å². The first-order valence-electron chi connectivity index (χ1n) is 10.8. The minimum atomic E-state index is 0.194. The number of aliphatic hydroxyl groups is 2. The molecule has 0 saturated heterocycles. The quantitative estimate of drug-likeness (QED) is 0.216. The van der Waals surface area contributed by atoms with E-state index < -0.39 is 0 Å². The van der Waals surface area contributed by atoms with Crippen molar-refractivity contribution in [1.82, 2.24) is 0 Å². The average molecular weight is 528 g/mol. The van der Waals surface area contributed by atoms with Crippen LogP contribution in [0.3, 0.4) is 0 Å². The Morgan fingerprint density at radius 2 is 1.00 bits per heavy atom. The molecular formula is C27H33Cl2FeN2O+. The monoisotopic (exact) mass is 527 g/mol. The maximum absolute atomic E-state index is 4.93. The summed E-state index contributed by atoms with van der Waals surface area (Å²) in [4.78, 5) is 9.85. The van der Waals surface area contributed by atoms with Gasteiger partial charge in [-0.2, -0.15) is 0 Å². The fourth-order valence-corrected chi connectivity index (χ4v) is 4.11. The van der Waals surface area contributed by atoms with Crippen LogP contribution < -0.4 is 0 Å². The predicted octanol–water partition coefficient (Wildman–Crippen LogP) is 9.06. The Morgan fingerprint density at radius 1 is 0.697 bits per heavy atom. The standard InChI is InChI=1S/C27H32N2O.2ClH.Fe/c1-16-12-18(3)26(19(4)13-16)28-22(7)24-10-9-11-25(30-24)23(8)29-27-20(5)14-17(2)15-21(27)6;;;/h10-15H,9H2,1-8H3;2*1H;/q;;;+2/p-1. The second-order valence-corrected chi connectivity index (χ2v) is 10.3. The van der Waals surface area contributed by atoms with Crippen molar-refractivity contribution < 1.29 is 17.9 Å². The normalized spacial score (nSPS) is 14.2. The molecule has 3 rings (SSSR count). The number of allylic oxidation sites excluding steroid dienone is 4. The van der Waals surface area contributed by atoms with E-state index >= 15 is 0 Å². The van der Waals surface area contributed by atoms with Crippen LogP contribution in [0.15, 0.2) is 57.9 Å². The fraction of sp³-hybridized carbons (Fsp3) is 0.333. The molecular weight excluding hydrogens is 495 g/mol. The van der Waals surface area contributed by atoms with Crippen LogP contribution in [0, 0.1) is 41.5 Å². The van der Waals surface area contributed by atoms with Gasteiger partial charge >= 0.3 is 33.3 Å². The number of ether oxygens (including phenoxy) is 1. The molecule has 0 amide bonds. The molecule has 0 fully saturated rings. The fourth-order valence-electron chi connectivity index (χ4n) is 4.11. The Labute approximate surface area is 213 Å². The molecule has 178 valence electrons. The molecule has 0 unspecified atom stereocenters. The Kier molecular flexibility index (Phi) is 10.4. The summed E-state index contributed by atoms with van der Waals surface area (Å²) in [6.07, 6.45) is 5.11. The molecule has 0 aliphatic carbocycles. The average Bonchev–Trinajstić information content (AvgIpc) is 2.73. The molecule has 3 nitrogen and oxygen atoms in total. The van der Waals surface area contributed by atoms with Crippen molar-refractivity contribution >= 4 is 43.0 Å². The van der Waals surface area contributed by atoms with Gasteiger partial charge in [0.25, 0.3) is 11.5 Å². The molecule has 1 aliphatic heterocycles. The van der Waals surface area contributed by atoms with Gasteiger partial charge in [0.05, 0.1) is 11.4 Å². The van der Waals surface area contributed by atoms with Crippen LogP contribution >= 0.6 is 20.2 Å². The van der Waals surface area contributed by atoms with Crippen LogP contribution in [0.5, 0.6) is 0 Å². The zero-order valence-electron chi connectivity index (χ0n) is 20.6. The Hall–Kier alpha value is -1.84. The topological polar surface area (TPSA) is 37.5 Å². The Bertz CT molecular complexity index is 1010. The molecule has 0 spiro atoms. The van der Waals surface area contributed by atoms with E-state index in [0.717, 1.165) is 40.7 Å². The van der Waals surface area contributed by atoms with Crippen molar-refractivity contribution in [2.45, 2.75) is 61.8 Å². The van der Waals surface area contributed by atoms with Gasteiger partial charge in [-0.25, -0.2) is 9.98 Å². The van der Waals surface area contributed by atoms with Crippen LogP contribution in [-0.4, -0.2) is 16.2 Å². The van der Waals surface area contributed by atoms with Gasteiger partial charge < -0.3 is 4.74 Å².